The fraction of sp³-hybridized carbons (Fsp3) is 0.706. The minimum Gasteiger partial charge on any atom is -0.375 e. The maximum atomic E-state index is 12.5. The molecule has 0 radical (unpaired) electrons. The summed E-state index contributed by atoms with van der Waals surface area (Å²) in [4.78, 5) is 25.0. The van der Waals surface area contributed by atoms with Gasteiger partial charge in [-0.3, -0.25) is 14.3 Å². The predicted octanol–water partition coefficient (Wildman–Crippen LogP) is 1.06. The predicted molar refractivity (Wildman–Crippen MR) is 86.9 cm³/mol. The lowest BCUT2D eigenvalue weighted by molar-refractivity contribution is -0.197. The molecule has 7 nitrogen and oxygen atoms in total. The Kier molecular flexibility index (Phi) is 4.48. The Morgan fingerprint density at radius 1 is 1.46 bits per heavy atom. The number of hydrogen-bond donors (Lipinski definition) is 1. The van der Waals surface area contributed by atoms with E-state index in [1.807, 2.05) is 6.92 Å². The van der Waals surface area contributed by atoms with E-state index in [1.165, 1.54) is 0 Å². The second-order valence-corrected chi connectivity index (χ2v) is 6.61. The standard InChI is InChI=1S/C17H25N3O4/c1-5-23-13-9-12(17(13)7-6-8-24-17)18-16(22)15(21)14-10(2)19-20(4)11(14)3/h12-13H,5-9H2,1-4H3,(H,18,22). The van der Waals surface area contributed by atoms with E-state index in [-0.39, 0.29) is 12.1 Å². The van der Waals surface area contributed by atoms with Crippen LogP contribution >= 0.6 is 0 Å². The van der Waals surface area contributed by atoms with Crippen LogP contribution in [0.4, 0.5) is 0 Å². The molecular weight excluding hydrogens is 310 g/mol. The molecule has 2 heterocycles. The van der Waals surface area contributed by atoms with Gasteiger partial charge >= 0.3 is 0 Å². The summed E-state index contributed by atoms with van der Waals surface area (Å²) >= 11 is 0. The SMILES string of the molecule is CCOC1CC(NC(=O)C(=O)c2c(C)nn(C)c2C)C12CCCO2. The van der Waals surface area contributed by atoms with Crippen molar-refractivity contribution in [3.63, 3.8) is 0 Å². The largest absolute Gasteiger partial charge is 0.375 e. The first kappa shape index (κ1) is 17.1. The zero-order valence-electron chi connectivity index (χ0n) is 14.7. The van der Waals surface area contributed by atoms with E-state index in [2.05, 4.69) is 10.4 Å². The van der Waals surface area contributed by atoms with E-state index in [0.717, 1.165) is 12.8 Å². The number of Topliss-reactive ketones (excluding diaryl/α,β-unsaturated/α-hetero) is 1. The summed E-state index contributed by atoms with van der Waals surface area (Å²) in [5, 5.41) is 7.07. The number of nitrogens with zero attached hydrogens (tertiary/aromatic N) is 2. The molecule has 3 unspecified atom stereocenters. The Bertz CT molecular complexity index is 661. The van der Waals surface area contributed by atoms with Crippen LogP contribution in [0.5, 0.6) is 0 Å². The van der Waals surface area contributed by atoms with Gasteiger partial charge in [-0.1, -0.05) is 0 Å². The van der Waals surface area contributed by atoms with Crippen LogP contribution in [0.1, 0.15) is 47.9 Å². The van der Waals surface area contributed by atoms with Crippen LogP contribution in [-0.2, 0) is 21.3 Å². The number of hydrogen-bond acceptors (Lipinski definition) is 5. The summed E-state index contributed by atoms with van der Waals surface area (Å²) in [6, 6.07) is -0.176. The van der Waals surface area contributed by atoms with Crippen molar-refractivity contribution in [2.75, 3.05) is 13.2 Å². The molecule has 7 heteroatoms. The van der Waals surface area contributed by atoms with Crippen molar-refractivity contribution in [1.29, 1.82) is 0 Å². The van der Waals surface area contributed by atoms with E-state index >= 15 is 0 Å². The lowest BCUT2D eigenvalue weighted by Crippen LogP contribution is -2.70. The third-order valence-corrected chi connectivity index (χ3v) is 5.28. The monoisotopic (exact) mass is 335 g/mol. The molecular formula is C17H25N3O4. The normalized spacial score (nSPS) is 28.8. The number of aromatic nitrogens is 2. The molecule has 1 aliphatic heterocycles. The average molecular weight is 335 g/mol. The number of carbonyl (C=O) groups excluding carboxylic acids is 2. The van der Waals surface area contributed by atoms with E-state index in [4.69, 9.17) is 9.47 Å². The Morgan fingerprint density at radius 3 is 2.75 bits per heavy atom. The molecule has 1 amide bonds. The third kappa shape index (κ3) is 2.56. The Balaban J connectivity index is 1.72. The van der Waals surface area contributed by atoms with Crippen LogP contribution in [-0.4, -0.2) is 52.4 Å². The molecule has 132 valence electrons. The van der Waals surface area contributed by atoms with Gasteiger partial charge in [0.1, 0.15) is 5.60 Å². The molecule has 1 saturated carbocycles. The molecule has 1 saturated heterocycles. The number of ether oxygens (including phenoxy) is 2. The summed E-state index contributed by atoms with van der Waals surface area (Å²) in [5.74, 6) is -1.13. The van der Waals surface area contributed by atoms with Crippen LogP contribution in [0.3, 0.4) is 0 Å². The number of rotatable bonds is 5. The maximum absolute atomic E-state index is 12.5. The van der Waals surface area contributed by atoms with Crippen molar-refractivity contribution in [2.24, 2.45) is 7.05 Å². The van der Waals surface area contributed by atoms with Crippen molar-refractivity contribution in [2.45, 2.75) is 57.8 Å². The number of ketones is 1. The fourth-order valence-electron chi connectivity index (χ4n) is 3.92. The first-order valence-corrected chi connectivity index (χ1v) is 8.51. The molecule has 2 fully saturated rings. The van der Waals surface area contributed by atoms with E-state index < -0.39 is 17.3 Å². The van der Waals surface area contributed by atoms with Gasteiger partial charge in [-0.15, -0.1) is 0 Å². The molecule has 0 bridgehead atoms. The lowest BCUT2D eigenvalue weighted by Gasteiger charge is -2.52. The first-order valence-electron chi connectivity index (χ1n) is 8.51. The molecule has 2 aliphatic rings. The zero-order chi connectivity index (χ0) is 17.5. The smallest absolute Gasteiger partial charge is 0.292 e. The van der Waals surface area contributed by atoms with Crippen LogP contribution in [0, 0.1) is 13.8 Å². The highest BCUT2D eigenvalue weighted by Crippen LogP contribution is 2.45. The number of aryl methyl sites for hydroxylation is 2. The second kappa shape index (κ2) is 6.29. The summed E-state index contributed by atoms with van der Waals surface area (Å²) in [5.41, 5.74) is 1.19. The molecule has 1 spiro atoms. The Labute approximate surface area is 141 Å². The van der Waals surface area contributed by atoms with Crippen molar-refractivity contribution in [3.8, 4) is 0 Å². The van der Waals surface area contributed by atoms with Crippen LogP contribution < -0.4 is 5.32 Å². The summed E-state index contributed by atoms with van der Waals surface area (Å²) in [6.45, 7) is 6.76. The Hall–Kier alpha value is -1.73. The quantitative estimate of drug-likeness (QED) is 0.643. The van der Waals surface area contributed by atoms with Crippen molar-refractivity contribution < 1.29 is 19.1 Å². The molecule has 24 heavy (non-hydrogen) atoms. The first-order chi connectivity index (χ1) is 11.4. The third-order valence-electron chi connectivity index (χ3n) is 5.28. The fourth-order valence-corrected chi connectivity index (χ4v) is 3.92. The van der Waals surface area contributed by atoms with Gasteiger partial charge in [-0.25, -0.2) is 0 Å². The zero-order valence-corrected chi connectivity index (χ0v) is 14.7. The maximum Gasteiger partial charge on any atom is 0.292 e. The molecule has 3 rings (SSSR count). The van der Waals surface area contributed by atoms with Crippen molar-refractivity contribution in [1.82, 2.24) is 15.1 Å². The number of carbonyl (C=O) groups is 2. The highest BCUT2D eigenvalue weighted by molar-refractivity contribution is 6.43. The molecule has 1 aromatic rings. The molecule has 3 atom stereocenters. The highest BCUT2D eigenvalue weighted by atomic mass is 16.6. The average Bonchev–Trinajstić information content (AvgIpc) is 3.14. The van der Waals surface area contributed by atoms with Crippen LogP contribution in [0.15, 0.2) is 0 Å². The van der Waals surface area contributed by atoms with E-state index in [9.17, 15) is 9.59 Å². The minimum absolute atomic E-state index is 0.00716. The van der Waals surface area contributed by atoms with Gasteiger partial charge in [-0.05, 0) is 40.0 Å². The van der Waals surface area contributed by atoms with Crippen LogP contribution in [0.25, 0.3) is 0 Å². The Morgan fingerprint density at radius 2 is 2.21 bits per heavy atom. The van der Waals surface area contributed by atoms with Gasteiger partial charge in [0.15, 0.2) is 0 Å². The van der Waals surface area contributed by atoms with Gasteiger partial charge < -0.3 is 14.8 Å². The van der Waals surface area contributed by atoms with Gasteiger partial charge in [-0.2, -0.15) is 5.10 Å². The summed E-state index contributed by atoms with van der Waals surface area (Å²) < 4.78 is 13.3. The molecule has 1 aromatic heterocycles. The number of nitrogens with one attached hydrogen (secondary N) is 1. The summed E-state index contributed by atoms with van der Waals surface area (Å²) in [6.07, 6.45) is 2.47. The number of amides is 1. The topological polar surface area (TPSA) is 82.5 Å². The van der Waals surface area contributed by atoms with Gasteiger partial charge in [0.05, 0.1) is 23.4 Å². The van der Waals surface area contributed by atoms with Crippen molar-refractivity contribution in [3.05, 3.63) is 17.0 Å². The lowest BCUT2D eigenvalue weighted by atomic mass is 9.70. The highest BCUT2D eigenvalue weighted by Gasteiger charge is 2.59. The van der Waals surface area contributed by atoms with Crippen LogP contribution in [0.2, 0.25) is 0 Å². The second-order valence-electron chi connectivity index (χ2n) is 6.61. The minimum atomic E-state index is -0.593. The molecule has 0 aromatic carbocycles. The van der Waals surface area contributed by atoms with Gasteiger partial charge in [0, 0.05) is 26.0 Å². The van der Waals surface area contributed by atoms with Gasteiger partial charge in [0.2, 0.25) is 0 Å². The van der Waals surface area contributed by atoms with Gasteiger partial charge in [0.25, 0.3) is 11.7 Å². The van der Waals surface area contributed by atoms with E-state index in [0.29, 0.717) is 36.6 Å². The molecule has 1 aliphatic carbocycles. The van der Waals surface area contributed by atoms with E-state index in [1.54, 1.807) is 25.6 Å². The molecule has 1 N–H and O–H groups in total. The van der Waals surface area contributed by atoms with Crippen molar-refractivity contribution >= 4 is 11.7 Å². The summed E-state index contributed by atoms with van der Waals surface area (Å²) in [7, 11) is 1.76.